The molecule has 156 valence electrons. The topological polar surface area (TPSA) is 84.5 Å². The van der Waals surface area contributed by atoms with Crippen LogP contribution in [0, 0.1) is 6.92 Å². The molecule has 0 spiro atoms. The Bertz CT molecular complexity index is 955. The smallest absolute Gasteiger partial charge is 0.261 e. The fraction of sp³-hybridized carbons (Fsp3) is 0.381. The molecule has 1 aliphatic carbocycles. The Morgan fingerprint density at radius 2 is 1.79 bits per heavy atom. The van der Waals surface area contributed by atoms with E-state index in [-0.39, 0.29) is 23.5 Å². The first-order chi connectivity index (χ1) is 13.8. The molecular formula is C21H25ClN2O4S. The van der Waals surface area contributed by atoms with Gasteiger partial charge < -0.3 is 10.1 Å². The summed E-state index contributed by atoms with van der Waals surface area (Å²) in [6.07, 6.45) is 5.54. The molecule has 8 heteroatoms. The fourth-order valence-corrected chi connectivity index (χ4v) is 4.61. The quantitative estimate of drug-likeness (QED) is 0.678. The second kappa shape index (κ2) is 9.50. The summed E-state index contributed by atoms with van der Waals surface area (Å²) in [4.78, 5) is 12.2. The van der Waals surface area contributed by atoms with Crippen molar-refractivity contribution in [2.45, 2.75) is 50.0 Å². The third-order valence-corrected chi connectivity index (χ3v) is 6.51. The number of carbonyl (C=O) groups is 1. The molecule has 0 atom stereocenters. The van der Waals surface area contributed by atoms with Crippen molar-refractivity contribution in [1.82, 2.24) is 5.32 Å². The molecule has 0 bridgehead atoms. The summed E-state index contributed by atoms with van der Waals surface area (Å²) in [6, 6.07) is 11.2. The molecule has 0 saturated heterocycles. The number of ether oxygens (including phenoxy) is 1. The van der Waals surface area contributed by atoms with Crippen LogP contribution >= 0.6 is 11.6 Å². The molecule has 3 rings (SSSR count). The summed E-state index contributed by atoms with van der Waals surface area (Å²) < 4.78 is 33.3. The van der Waals surface area contributed by atoms with Gasteiger partial charge in [0.05, 0.1) is 4.90 Å². The van der Waals surface area contributed by atoms with Gasteiger partial charge in [-0.2, -0.15) is 0 Å². The van der Waals surface area contributed by atoms with Gasteiger partial charge in [-0.25, -0.2) is 8.42 Å². The van der Waals surface area contributed by atoms with Crippen LogP contribution in [-0.4, -0.2) is 27.0 Å². The van der Waals surface area contributed by atoms with Crippen molar-refractivity contribution in [1.29, 1.82) is 0 Å². The lowest BCUT2D eigenvalue weighted by Crippen LogP contribution is -2.39. The number of nitrogens with one attached hydrogen (secondary N) is 2. The third kappa shape index (κ3) is 6.11. The third-order valence-electron chi connectivity index (χ3n) is 4.88. The van der Waals surface area contributed by atoms with Crippen molar-refractivity contribution in [2.75, 3.05) is 11.3 Å². The van der Waals surface area contributed by atoms with Crippen LogP contribution in [0.15, 0.2) is 47.4 Å². The lowest BCUT2D eigenvalue weighted by Gasteiger charge is -2.22. The minimum atomic E-state index is -3.74. The number of anilines is 1. The molecule has 1 saturated carbocycles. The zero-order valence-electron chi connectivity index (χ0n) is 16.3. The molecule has 2 aromatic carbocycles. The van der Waals surface area contributed by atoms with Crippen molar-refractivity contribution in [3.63, 3.8) is 0 Å². The largest absolute Gasteiger partial charge is 0.484 e. The first-order valence-electron chi connectivity index (χ1n) is 9.65. The van der Waals surface area contributed by atoms with E-state index in [1.807, 2.05) is 0 Å². The van der Waals surface area contributed by atoms with Crippen molar-refractivity contribution in [3.8, 4) is 5.75 Å². The molecule has 0 heterocycles. The predicted molar refractivity (Wildman–Crippen MR) is 114 cm³/mol. The average molecular weight is 437 g/mol. The number of sulfonamides is 1. The van der Waals surface area contributed by atoms with Gasteiger partial charge in [-0.1, -0.05) is 30.9 Å². The number of rotatable bonds is 7. The Morgan fingerprint density at radius 3 is 2.45 bits per heavy atom. The van der Waals surface area contributed by atoms with E-state index in [0.717, 1.165) is 25.7 Å². The summed E-state index contributed by atoms with van der Waals surface area (Å²) in [5.74, 6) is 0.326. The summed E-state index contributed by atoms with van der Waals surface area (Å²) in [7, 11) is -3.74. The number of hydrogen-bond donors (Lipinski definition) is 2. The van der Waals surface area contributed by atoms with E-state index in [2.05, 4.69) is 10.0 Å². The van der Waals surface area contributed by atoms with Gasteiger partial charge in [-0.15, -0.1) is 0 Å². The summed E-state index contributed by atoms with van der Waals surface area (Å²) in [5.41, 5.74) is 1.06. The van der Waals surface area contributed by atoms with Crippen LogP contribution < -0.4 is 14.8 Å². The van der Waals surface area contributed by atoms with Crippen molar-refractivity contribution in [2.24, 2.45) is 0 Å². The van der Waals surface area contributed by atoms with Crippen LogP contribution in [0.25, 0.3) is 0 Å². The molecule has 0 unspecified atom stereocenters. The standard InChI is InChI=1S/C21H25ClN2O4S/c1-15-13-19(29(26,27)24-18-9-7-16(22)8-10-18)11-12-20(15)28-14-21(25)23-17-5-3-2-4-6-17/h7-13,17,24H,2-6,14H2,1H3,(H,23,25). The molecule has 2 aromatic rings. The lowest BCUT2D eigenvalue weighted by molar-refractivity contribution is -0.124. The normalized spacial score (nSPS) is 15.0. The summed E-state index contributed by atoms with van der Waals surface area (Å²) in [5, 5.41) is 3.52. The first-order valence-corrected chi connectivity index (χ1v) is 11.5. The monoisotopic (exact) mass is 436 g/mol. The highest BCUT2D eigenvalue weighted by atomic mass is 35.5. The van der Waals surface area contributed by atoms with E-state index in [0.29, 0.717) is 22.0 Å². The Hall–Kier alpha value is -2.25. The second-order valence-electron chi connectivity index (χ2n) is 7.23. The Morgan fingerprint density at radius 1 is 1.10 bits per heavy atom. The van der Waals surface area contributed by atoms with Crippen LogP contribution in [-0.2, 0) is 14.8 Å². The Labute approximate surface area is 176 Å². The molecule has 6 nitrogen and oxygen atoms in total. The highest BCUT2D eigenvalue weighted by molar-refractivity contribution is 7.92. The van der Waals surface area contributed by atoms with Crippen molar-refractivity contribution >= 4 is 33.2 Å². The van der Waals surface area contributed by atoms with E-state index in [9.17, 15) is 13.2 Å². The number of amides is 1. The number of hydrogen-bond acceptors (Lipinski definition) is 4. The number of aryl methyl sites for hydroxylation is 1. The molecule has 1 aliphatic rings. The van der Waals surface area contributed by atoms with Crippen LogP contribution in [0.1, 0.15) is 37.7 Å². The summed E-state index contributed by atoms with van der Waals surface area (Å²) >= 11 is 5.82. The Kier molecular flexibility index (Phi) is 7.03. The SMILES string of the molecule is Cc1cc(S(=O)(=O)Nc2ccc(Cl)cc2)ccc1OCC(=O)NC1CCCCC1. The maximum absolute atomic E-state index is 12.6. The lowest BCUT2D eigenvalue weighted by atomic mass is 9.95. The van der Waals surface area contributed by atoms with Gasteiger partial charge in [0.15, 0.2) is 6.61 Å². The van der Waals surface area contributed by atoms with Gasteiger partial charge >= 0.3 is 0 Å². The van der Waals surface area contributed by atoms with E-state index in [1.54, 1.807) is 37.3 Å². The van der Waals surface area contributed by atoms with Gasteiger partial charge in [0, 0.05) is 16.8 Å². The minimum absolute atomic E-state index is 0.0908. The molecule has 0 radical (unpaired) electrons. The summed E-state index contributed by atoms with van der Waals surface area (Å²) in [6.45, 7) is 1.65. The highest BCUT2D eigenvalue weighted by Gasteiger charge is 2.18. The van der Waals surface area contributed by atoms with E-state index in [4.69, 9.17) is 16.3 Å². The van der Waals surface area contributed by atoms with Crippen molar-refractivity contribution in [3.05, 3.63) is 53.1 Å². The zero-order chi connectivity index (χ0) is 20.9. The molecule has 29 heavy (non-hydrogen) atoms. The van der Waals surface area contributed by atoms with E-state index < -0.39 is 10.0 Å². The highest BCUT2D eigenvalue weighted by Crippen LogP contribution is 2.24. The molecule has 1 fully saturated rings. The molecular weight excluding hydrogens is 412 g/mol. The molecule has 2 N–H and O–H groups in total. The van der Waals surface area contributed by atoms with Gasteiger partial charge in [0.1, 0.15) is 5.75 Å². The second-order valence-corrected chi connectivity index (χ2v) is 9.35. The molecule has 0 aromatic heterocycles. The fourth-order valence-electron chi connectivity index (χ4n) is 3.34. The Balaban J connectivity index is 1.60. The zero-order valence-corrected chi connectivity index (χ0v) is 17.9. The van der Waals surface area contributed by atoms with Gasteiger partial charge in [-0.3, -0.25) is 9.52 Å². The minimum Gasteiger partial charge on any atom is -0.484 e. The van der Waals surface area contributed by atoms with Gasteiger partial charge in [0.2, 0.25) is 0 Å². The first kappa shape index (κ1) is 21.5. The number of carbonyl (C=O) groups excluding carboxylic acids is 1. The van der Waals surface area contributed by atoms with Crippen LogP contribution in [0.2, 0.25) is 5.02 Å². The van der Waals surface area contributed by atoms with E-state index in [1.165, 1.54) is 18.6 Å². The van der Waals surface area contributed by atoms with E-state index >= 15 is 0 Å². The number of halogens is 1. The maximum Gasteiger partial charge on any atom is 0.261 e. The van der Waals surface area contributed by atoms with Crippen LogP contribution in [0.3, 0.4) is 0 Å². The molecule has 1 amide bonds. The maximum atomic E-state index is 12.6. The van der Waals surface area contributed by atoms with Gasteiger partial charge in [-0.05, 0) is 67.8 Å². The number of benzene rings is 2. The average Bonchev–Trinajstić information content (AvgIpc) is 2.69. The van der Waals surface area contributed by atoms with Crippen molar-refractivity contribution < 1.29 is 17.9 Å². The van der Waals surface area contributed by atoms with Gasteiger partial charge in [0.25, 0.3) is 15.9 Å². The molecule has 0 aliphatic heterocycles. The predicted octanol–water partition coefficient (Wildman–Crippen LogP) is 4.28. The van der Waals surface area contributed by atoms with Crippen LogP contribution in [0.4, 0.5) is 5.69 Å². The van der Waals surface area contributed by atoms with Crippen LogP contribution in [0.5, 0.6) is 5.75 Å².